The summed E-state index contributed by atoms with van der Waals surface area (Å²) in [6.45, 7) is 0.523. The number of aromatic nitrogens is 1. The Morgan fingerprint density at radius 3 is 2.47 bits per heavy atom. The highest BCUT2D eigenvalue weighted by Crippen LogP contribution is 2.44. The first-order valence-corrected chi connectivity index (χ1v) is 11.6. The normalized spacial score (nSPS) is 17.1. The van der Waals surface area contributed by atoms with Gasteiger partial charge >= 0.3 is 12.1 Å². The summed E-state index contributed by atoms with van der Waals surface area (Å²) in [6.07, 6.45) is -1.72. The van der Waals surface area contributed by atoms with Crippen LogP contribution in [0.3, 0.4) is 0 Å². The van der Waals surface area contributed by atoms with E-state index in [1.165, 1.54) is 10.3 Å². The van der Waals surface area contributed by atoms with E-state index in [4.69, 9.17) is 14.6 Å². The fourth-order valence-electron chi connectivity index (χ4n) is 4.30. The van der Waals surface area contributed by atoms with Crippen molar-refractivity contribution in [2.24, 2.45) is 0 Å². The summed E-state index contributed by atoms with van der Waals surface area (Å²) < 4.78 is 10.7. The number of carboxylic acids is 1. The van der Waals surface area contributed by atoms with Gasteiger partial charge in [0.25, 0.3) is 5.91 Å². The van der Waals surface area contributed by atoms with Gasteiger partial charge in [0.15, 0.2) is 11.2 Å². The standard InChI is InChI=1S/C24H21N3O6S/c28-21(27-9-10-32-20(11-27)22(29)30)19-13-34-23(25-19)26-24(31)33-12-18-16-7-3-1-5-14(16)15-6-2-4-8-17(15)18/h1-8,13,18,20H,9-12H2,(H,29,30)(H,25,26,31). The third-order valence-electron chi connectivity index (χ3n) is 5.91. The third kappa shape index (κ3) is 4.25. The van der Waals surface area contributed by atoms with E-state index in [-0.39, 0.29) is 43.0 Å². The molecule has 9 nitrogen and oxygen atoms in total. The van der Waals surface area contributed by atoms with Crippen LogP contribution in [0.25, 0.3) is 11.1 Å². The number of fused-ring (bicyclic) bond motifs is 3. The molecule has 1 unspecified atom stereocenters. The minimum Gasteiger partial charge on any atom is -0.479 e. The molecule has 0 bridgehead atoms. The molecule has 1 fully saturated rings. The number of amides is 2. The van der Waals surface area contributed by atoms with E-state index in [1.807, 2.05) is 36.4 Å². The van der Waals surface area contributed by atoms with E-state index in [2.05, 4.69) is 22.4 Å². The number of hydrogen-bond acceptors (Lipinski definition) is 7. The fourth-order valence-corrected chi connectivity index (χ4v) is 4.97. The van der Waals surface area contributed by atoms with Crippen molar-refractivity contribution in [1.82, 2.24) is 9.88 Å². The number of ether oxygens (including phenoxy) is 2. The zero-order valence-electron chi connectivity index (χ0n) is 18.0. The molecule has 1 aromatic heterocycles. The number of carboxylic acid groups (broad SMARTS) is 1. The number of aliphatic carboxylic acids is 1. The van der Waals surface area contributed by atoms with Crippen molar-refractivity contribution in [3.05, 3.63) is 70.7 Å². The van der Waals surface area contributed by atoms with Crippen LogP contribution in [0.2, 0.25) is 0 Å². The van der Waals surface area contributed by atoms with E-state index in [1.54, 1.807) is 0 Å². The Hall–Kier alpha value is -3.76. The van der Waals surface area contributed by atoms with E-state index >= 15 is 0 Å². The molecule has 2 N–H and O–H groups in total. The summed E-state index contributed by atoms with van der Waals surface area (Å²) in [5.41, 5.74) is 4.64. The van der Waals surface area contributed by atoms with Crippen LogP contribution < -0.4 is 5.32 Å². The Labute approximate surface area is 198 Å². The molecule has 3 aromatic rings. The Morgan fingerprint density at radius 2 is 1.79 bits per heavy atom. The second-order valence-corrected chi connectivity index (χ2v) is 8.80. The molecule has 2 amide bonds. The van der Waals surface area contributed by atoms with Gasteiger partial charge in [-0.1, -0.05) is 48.5 Å². The molecular formula is C24H21N3O6S. The number of anilines is 1. The smallest absolute Gasteiger partial charge is 0.413 e. The molecule has 5 rings (SSSR count). The topological polar surface area (TPSA) is 118 Å². The van der Waals surface area contributed by atoms with Crippen molar-refractivity contribution >= 4 is 34.4 Å². The van der Waals surface area contributed by atoms with Crippen molar-refractivity contribution in [2.45, 2.75) is 12.0 Å². The van der Waals surface area contributed by atoms with Gasteiger partial charge in [0, 0.05) is 17.8 Å². The predicted molar refractivity (Wildman–Crippen MR) is 124 cm³/mol. The van der Waals surface area contributed by atoms with Gasteiger partial charge in [0.2, 0.25) is 0 Å². The highest BCUT2D eigenvalue weighted by molar-refractivity contribution is 7.14. The number of nitrogens with one attached hydrogen (secondary N) is 1. The lowest BCUT2D eigenvalue weighted by Crippen LogP contribution is -2.48. The van der Waals surface area contributed by atoms with Gasteiger partial charge in [0.05, 0.1) is 13.2 Å². The number of rotatable bonds is 5. The molecule has 1 saturated heterocycles. The molecule has 0 saturated carbocycles. The Morgan fingerprint density at radius 1 is 1.12 bits per heavy atom. The summed E-state index contributed by atoms with van der Waals surface area (Å²) in [7, 11) is 0. The monoisotopic (exact) mass is 479 g/mol. The maximum Gasteiger partial charge on any atom is 0.413 e. The fraction of sp³-hybridized carbons (Fsp3) is 0.250. The summed E-state index contributed by atoms with van der Waals surface area (Å²) in [4.78, 5) is 41.8. The number of carbonyl (C=O) groups excluding carboxylic acids is 2. The predicted octanol–water partition coefficient (Wildman–Crippen LogP) is 3.43. The molecule has 174 valence electrons. The number of carbonyl (C=O) groups is 3. The average molecular weight is 480 g/mol. The Bertz CT molecular complexity index is 1210. The molecule has 1 aliphatic heterocycles. The summed E-state index contributed by atoms with van der Waals surface area (Å²) >= 11 is 1.09. The highest BCUT2D eigenvalue weighted by Gasteiger charge is 2.31. The highest BCUT2D eigenvalue weighted by atomic mass is 32.1. The van der Waals surface area contributed by atoms with Gasteiger partial charge in [-0.25, -0.2) is 14.6 Å². The van der Waals surface area contributed by atoms with Crippen LogP contribution in [0.1, 0.15) is 27.5 Å². The molecule has 0 spiro atoms. The van der Waals surface area contributed by atoms with Gasteiger partial charge < -0.3 is 19.5 Å². The van der Waals surface area contributed by atoms with E-state index in [0.29, 0.717) is 0 Å². The summed E-state index contributed by atoms with van der Waals surface area (Å²) in [5, 5.41) is 13.4. The molecule has 2 aliphatic rings. The van der Waals surface area contributed by atoms with E-state index < -0.39 is 24.1 Å². The van der Waals surface area contributed by atoms with Gasteiger partial charge in [-0.3, -0.25) is 10.1 Å². The van der Waals surface area contributed by atoms with Crippen LogP contribution in [0.15, 0.2) is 53.9 Å². The minimum absolute atomic E-state index is 0.0547. The number of morpholine rings is 1. The van der Waals surface area contributed by atoms with Crippen molar-refractivity contribution < 1.29 is 29.0 Å². The van der Waals surface area contributed by atoms with Crippen LogP contribution in [-0.2, 0) is 14.3 Å². The van der Waals surface area contributed by atoms with Crippen molar-refractivity contribution in [1.29, 1.82) is 0 Å². The van der Waals surface area contributed by atoms with Crippen LogP contribution in [0.4, 0.5) is 9.93 Å². The molecule has 0 radical (unpaired) electrons. The first kappa shape index (κ1) is 22.1. The van der Waals surface area contributed by atoms with Crippen LogP contribution in [0.5, 0.6) is 0 Å². The lowest BCUT2D eigenvalue weighted by Gasteiger charge is -2.30. The lowest BCUT2D eigenvalue weighted by molar-refractivity contribution is -0.154. The van der Waals surface area contributed by atoms with Gasteiger partial charge in [-0.2, -0.15) is 0 Å². The maximum atomic E-state index is 12.7. The molecular weight excluding hydrogens is 458 g/mol. The zero-order chi connectivity index (χ0) is 23.7. The molecule has 1 atom stereocenters. The van der Waals surface area contributed by atoms with Gasteiger partial charge in [-0.15, -0.1) is 11.3 Å². The molecule has 34 heavy (non-hydrogen) atoms. The summed E-state index contributed by atoms with van der Waals surface area (Å²) in [6, 6.07) is 16.1. The molecule has 1 aliphatic carbocycles. The maximum absolute atomic E-state index is 12.7. The second kappa shape index (κ2) is 9.24. The van der Waals surface area contributed by atoms with Crippen LogP contribution >= 0.6 is 11.3 Å². The van der Waals surface area contributed by atoms with Crippen LogP contribution in [0, 0.1) is 0 Å². The van der Waals surface area contributed by atoms with Gasteiger partial charge in [0.1, 0.15) is 12.3 Å². The number of benzene rings is 2. The summed E-state index contributed by atoms with van der Waals surface area (Å²) in [5.74, 6) is -1.59. The average Bonchev–Trinajstić information content (AvgIpc) is 3.45. The lowest BCUT2D eigenvalue weighted by atomic mass is 9.98. The first-order chi connectivity index (χ1) is 16.5. The molecule has 2 aromatic carbocycles. The quantitative estimate of drug-likeness (QED) is 0.576. The van der Waals surface area contributed by atoms with E-state index in [0.717, 1.165) is 33.6 Å². The number of hydrogen-bond donors (Lipinski definition) is 2. The number of nitrogens with zero attached hydrogens (tertiary/aromatic N) is 2. The number of thiazole rings is 1. The molecule has 10 heteroatoms. The minimum atomic E-state index is -1.12. The zero-order valence-corrected chi connectivity index (χ0v) is 18.8. The third-order valence-corrected chi connectivity index (χ3v) is 6.66. The SMILES string of the molecule is O=C(Nc1nc(C(=O)N2CCOC(C(=O)O)C2)cs1)OCC1c2ccccc2-c2ccccc21. The Balaban J connectivity index is 1.20. The second-order valence-electron chi connectivity index (χ2n) is 7.94. The molecule has 2 heterocycles. The largest absolute Gasteiger partial charge is 0.479 e. The first-order valence-electron chi connectivity index (χ1n) is 10.7. The Kier molecular flexibility index (Phi) is 5.99. The van der Waals surface area contributed by atoms with Gasteiger partial charge in [-0.05, 0) is 22.3 Å². The van der Waals surface area contributed by atoms with Crippen LogP contribution in [-0.4, -0.2) is 65.4 Å². The van der Waals surface area contributed by atoms with Crippen molar-refractivity contribution in [3.63, 3.8) is 0 Å². The van der Waals surface area contributed by atoms with Crippen molar-refractivity contribution in [2.75, 3.05) is 31.6 Å². The van der Waals surface area contributed by atoms with Crippen molar-refractivity contribution in [3.8, 4) is 11.1 Å². The van der Waals surface area contributed by atoms with E-state index in [9.17, 15) is 14.4 Å².